The molecule has 0 aliphatic carbocycles. The summed E-state index contributed by atoms with van der Waals surface area (Å²) in [7, 11) is 0. The zero-order chi connectivity index (χ0) is 10.4. The number of hydrogen-bond acceptors (Lipinski definition) is 1. The topological polar surface area (TPSA) is 0 Å². The van der Waals surface area contributed by atoms with E-state index in [9.17, 15) is 0 Å². The zero-order valence-corrected chi connectivity index (χ0v) is 9.82. The number of fused-ring (bicyclic) bond motifs is 3. The first-order chi connectivity index (χ1) is 7.27. The van der Waals surface area contributed by atoms with Crippen LogP contribution in [0.3, 0.4) is 0 Å². The Balaban J connectivity index is 2.63. The molecule has 0 saturated carbocycles. The first-order valence-corrected chi connectivity index (χ1v) is 6.03. The zero-order valence-electron chi connectivity index (χ0n) is 8.25. The molecular weight excluding hydrogens is 224 g/mol. The number of hydrogen-bond donors (Lipinski definition) is 0. The lowest BCUT2D eigenvalue weighted by Crippen LogP contribution is -1.72. The van der Waals surface area contributed by atoms with Crippen molar-refractivity contribution in [3.8, 4) is 0 Å². The molecular formula is C13H9ClS. The maximum absolute atomic E-state index is 6.33. The van der Waals surface area contributed by atoms with Crippen molar-refractivity contribution in [1.82, 2.24) is 0 Å². The van der Waals surface area contributed by atoms with E-state index in [1.165, 1.54) is 25.7 Å². The number of aryl methyl sites for hydroxylation is 1. The van der Waals surface area contributed by atoms with E-state index in [4.69, 9.17) is 11.6 Å². The Bertz CT molecular complexity index is 652. The molecule has 0 unspecified atom stereocenters. The molecule has 2 heteroatoms. The van der Waals surface area contributed by atoms with E-state index in [-0.39, 0.29) is 0 Å². The predicted molar refractivity (Wildman–Crippen MR) is 69.1 cm³/mol. The number of rotatable bonds is 0. The van der Waals surface area contributed by atoms with Crippen molar-refractivity contribution in [3.05, 3.63) is 46.3 Å². The van der Waals surface area contributed by atoms with Gasteiger partial charge in [-0.25, -0.2) is 0 Å². The van der Waals surface area contributed by atoms with Gasteiger partial charge in [0.25, 0.3) is 0 Å². The molecule has 15 heavy (non-hydrogen) atoms. The molecule has 0 nitrogen and oxygen atoms in total. The number of benzene rings is 2. The second kappa shape index (κ2) is 3.22. The first kappa shape index (κ1) is 9.20. The van der Waals surface area contributed by atoms with Crippen LogP contribution in [0.1, 0.15) is 4.88 Å². The maximum atomic E-state index is 6.33. The van der Waals surface area contributed by atoms with Gasteiger partial charge in [-0.05, 0) is 23.8 Å². The van der Waals surface area contributed by atoms with Gasteiger partial charge in [0, 0.05) is 15.0 Å². The largest absolute Gasteiger partial charge is 0.139 e. The van der Waals surface area contributed by atoms with Crippen LogP contribution < -0.4 is 0 Å². The predicted octanol–water partition coefficient (Wildman–Crippen LogP) is 5.02. The summed E-state index contributed by atoms with van der Waals surface area (Å²) in [6, 6.07) is 12.7. The van der Waals surface area contributed by atoms with Crippen molar-refractivity contribution in [2.24, 2.45) is 0 Å². The van der Waals surface area contributed by atoms with E-state index in [2.05, 4.69) is 43.3 Å². The Morgan fingerprint density at radius 2 is 1.87 bits per heavy atom. The van der Waals surface area contributed by atoms with Gasteiger partial charge in [0.2, 0.25) is 0 Å². The van der Waals surface area contributed by atoms with Crippen LogP contribution in [0.25, 0.3) is 20.9 Å². The second-order valence-corrected chi connectivity index (χ2v) is 5.27. The summed E-state index contributed by atoms with van der Waals surface area (Å²) in [5, 5.41) is 4.62. The first-order valence-electron chi connectivity index (χ1n) is 4.84. The summed E-state index contributed by atoms with van der Waals surface area (Å²) in [4.78, 5) is 1.20. The van der Waals surface area contributed by atoms with Crippen molar-refractivity contribution in [1.29, 1.82) is 0 Å². The van der Waals surface area contributed by atoms with Gasteiger partial charge in [-0.2, -0.15) is 0 Å². The van der Waals surface area contributed by atoms with E-state index in [1.807, 2.05) is 0 Å². The number of thiophene rings is 1. The van der Waals surface area contributed by atoms with Gasteiger partial charge >= 0.3 is 0 Å². The maximum Gasteiger partial charge on any atom is 0.0627 e. The molecule has 0 radical (unpaired) electrons. The lowest BCUT2D eigenvalue weighted by molar-refractivity contribution is 1.66. The minimum atomic E-state index is 0.909. The fourth-order valence-corrected chi connectivity index (χ4v) is 3.30. The van der Waals surface area contributed by atoms with Crippen molar-refractivity contribution in [2.75, 3.05) is 0 Å². The highest BCUT2D eigenvalue weighted by atomic mass is 35.5. The lowest BCUT2D eigenvalue weighted by atomic mass is 10.1. The number of halogens is 1. The fraction of sp³-hybridized carbons (Fsp3) is 0.0769. The summed E-state index contributed by atoms with van der Waals surface area (Å²) in [6.45, 7) is 2.07. The van der Waals surface area contributed by atoms with Crippen molar-refractivity contribution in [2.45, 2.75) is 6.92 Å². The van der Waals surface area contributed by atoms with Gasteiger partial charge in [-0.3, -0.25) is 0 Å². The third-order valence-electron chi connectivity index (χ3n) is 2.68. The summed E-state index contributed by atoms with van der Waals surface area (Å²) in [5.41, 5.74) is 0. The monoisotopic (exact) mass is 232 g/mol. The van der Waals surface area contributed by atoms with Crippen LogP contribution in [0.15, 0.2) is 36.4 Å². The molecule has 0 aliphatic heterocycles. The third kappa shape index (κ3) is 1.27. The molecule has 0 fully saturated rings. The summed E-state index contributed by atoms with van der Waals surface area (Å²) in [5.74, 6) is 0. The molecule has 0 N–H and O–H groups in total. The minimum Gasteiger partial charge on any atom is -0.139 e. The highest BCUT2D eigenvalue weighted by molar-refractivity contribution is 7.19. The molecule has 1 aromatic heterocycles. The Hall–Kier alpha value is -1.05. The second-order valence-electron chi connectivity index (χ2n) is 3.63. The Labute approximate surface area is 97.1 Å². The van der Waals surface area contributed by atoms with Gasteiger partial charge < -0.3 is 0 Å². The highest BCUT2D eigenvalue weighted by Gasteiger charge is 2.09. The molecule has 1 heterocycles. The molecule has 0 amide bonds. The molecule has 3 aromatic rings. The van der Waals surface area contributed by atoms with Crippen LogP contribution in [-0.2, 0) is 0 Å². The smallest absolute Gasteiger partial charge is 0.0627 e. The van der Waals surface area contributed by atoms with Crippen molar-refractivity contribution in [3.63, 3.8) is 0 Å². The van der Waals surface area contributed by atoms with Gasteiger partial charge in [-0.15, -0.1) is 11.3 Å². The quantitative estimate of drug-likeness (QED) is 0.511. The van der Waals surface area contributed by atoms with Crippen LogP contribution in [0, 0.1) is 6.92 Å². The van der Waals surface area contributed by atoms with E-state index in [0.29, 0.717) is 0 Å². The Kier molecular flexibility index (Phi) is 1.98. The van der Waals surface area contributed by atoms with Gasteiger partial charge in [0.05, 0.1) is 5.02 Å². The fourth-order valence-electron chi connectivity index (χ4n) is 1.95. The SMILES string of the molecule is Cc1sc2ccc3ccccc3c2c1Cl. The normalized spacial score (nSPS) is 11.3. The van der Waals surface area contributed by atoms with Crippen LogP contribution in [0.5, 0.6) is 0 Å². The van der Waals surface area contributed by atoms with Crippen LogP contribution >= 0.6 is 22.9 Å². The van der Waals surface area contributed by atoms with E-state index < -0.39 is 0 Å². The molecule has 74 valence electrons. The molecule has 0 atom stereocenters. The van der Waals surface area contributed by atoms with E-state index in [0.717, 1.165) is 5.02 Å². The van der Waals surface area contributed by atoms with Gasteiger partial charge in [-0.1, -0.05) is 41.9 Å². The van der Waals surface area contributed by atoms with Crippen molar-refractivity contribution >= 4 is 43.8 Å². The lowest BCUT2D eigenvalue weighted by Gasteiger charge is -1.99. The summed E-state index contributed by atoms with van der Waals surface area (Å²) >= 11 is 8.09. The van der Waals surface area contributed by atoms with Gasteiger partial charge in [0.15, 0.2) is 0 Å². The standard InChI is InChI=1S/C13H9ClS/c1-8-13(14)12-10-5-3-2-4-9(10)6-7-11(12)15-8/h2-7H,1H3. The average Bonchev–Trinajstić information content (AvgIpc) is 2.55. The molecule has 0 aliphatic rings. The molecule has 0 saturated heterocycles. The minimum absolute atomic E-state index is 0.909. The van der Waals surface area contributed by atoms with Gasteiger partial charge in [0.1, 0.15) is 0 Å². The van der Waals surface area contributed by atoms with E-state index in [1.54, 1.807) is 11.3 Å². The summed E-state index contributed by atoms with van der Waals surface area (Å²) in [6.07, 6.45) is 0. The average molecular weight is 233 g/mol. The molecule has 2 aromatic carbocycles. The van der Waals surface area contributed by atoms with Crippen LogP contribution in [-0.4, -0.2) is 0 Å². The van der Waals surface area contributed by atoms with E-state index >= 15 is 0 Å². The Morgan fingerprint density at radius 3 is 2.73 bits per heavy atom. The molecule has 0 bridgehead atoms. The van der Waals surface area contributed by atoms with Crippen LogP contribution in [0.2, 0.25) is 5.02 Å². The molecule has 3 rings (SSSR count). The third-order valence-corrected chi connectivity index (χ3v) is 4.34. The van der Waals surface area contributed by atoms with Crippen molar-refractivity contribution < 1.29 is 0 Å². The summed E-state index contributed by atoms with van der Waals surface area (Å²) < 4.78 is 1.27. The highest BCUT2D eigenvalue weighted by Crippen LogP contribution is 2.38. The van der Waals surface area contributed by atoms with Crippen LogP contribution in [0.4, 0.5) is 0 Å². The Morgan fingerprint density at radius 1 is 1.07 bits per heavy atom. The molecule has 0 spiro atoms.